The molecule has 0 saturated carbocycles. The summed E-state index contributed by atoms with van der Waals surface area (Å²) in [6, 6.07) is 0.262. The Morgan fingerprint density at radius 1 is 1.11 bits per heavy atom. The monoisotopic (exact) mass is 267 g/mol. The smallest absolute Gasteiger partial charge is 0.323 e. The van der Waals surface area contributed by atoms with Crippen LogP contribution in [0.25, 0.3) is 0 Å². The van der Waals surface area contributed by atoms with Gasteiger partial charge in [0.05, 0.1) is 6.10 Å². The van der Waals surface area contributed by atoms with E-state index in [2.05, 4.69) is 30.8 Å². The fourth-order valence-electron chi connectivity index (χ4n) is 1.88. The van der Waals surface area contributed by atoms with Crippen LogP contribution >= 0.6 is 0 Å². The normalized spacial score (nSPS) is 16.4. The van der Waals surface area contributed by atoms with E-state index in [4.69, 9.17) is 10.6 Å². The van der Waals surface area contributed by atoms with E-state index in [9.17, 15) is 0 Å². The number of nitrogens with zero attached hydrogens (tertiary/aromatic N) is 4. The molecule has 1 fully saturated rings. The van der Waals surface area contributed by atoms with Crippen LogP contribution in [0.5, 0.6) is 6.01 Å². The quantitative estimate of drug-likeness (QED) is 0.531. The van der Waals surface area contributed by atoms with Crippen molar-refractivity contribution in [2.24, 2.45) is 5.84 Å². The molecular formula is C11H21N7O. The van der Waals surface area contributed by atoms with Crippen molar-refractivity contribution >= 4 is 11.9 Å². The van der Waals surface area contributed by atoms with Gasteiger partial charge in [-0.15, -0.1) is 0 Å². The lowest BCUT2D eigenvalue weighted by Gasteiger charge is -2.26. The van der Waals surface area contributed by atoms with Crippen molar-refractivity contribution in [1.82, 2.24) is 20.0 Å². The van der Waals surface area contributed by atoms with Crippen molar-refractivity contribution < 1.29 is 4.74 Å². The molecule has 1 aliphatic heterocycles. The second kappa shape index (κ2) is 6.48. The van der Waals surface area contributed by atoms with E-state index in [0.29, 0.717) is 5.95 Å². The predicted octanol–water partition coefficient (Wildman–Crippen LogP) is 0.757. The summed E-state index contributed by atoms with van der Waals surface area (Å²) in [5, 5.41) is 2.10. The number of nitrogens with two attached hydrogens (primary N) is 1. The molecule has 0 spiro atoms. The lowest BCUT2D eigenvalue weighted by molar-refractivity contribution is 0.221. The first-order chi connectivity index (χ1) is 9.17. The molecule has 0 bridgehead atoms. The minimum absolute atomic E-state index is 0.00383. The van der Waals surface area contributed by atoms with Gasteiger partial charge in [-0.1, -0.05) is 6.42 Å². The van der Waals surface area contributed by atoms with E-state index in [0.717, 1.165) is 13.1 Å². The van der Waals surface area contributed by atoms with E-state index >= 15 is 0 Å². The first-order valence-corrected chi connectivity index (χ1v) is 6.58. The molecule has 8 nitrogen and oxygen atoms in total. The fourth-order valence-corrected chi connectivity index (χ4v) is 1.88. The zero-order valence-electron chi connectivity index (χ0n) is 11.4. The summed E-state index contributed by atoms with van der Waals surface area (Å²) in [6.45, 7) is 5.79. The number of ether oxygens (including phenoxy) is 1. The number of hydrogen-bond acceptors (Lipinski definition) is 8. The van der Waals surface area contributed by atoms with Gasteiger partial charge in [0.1, 0.15) is 0 Å². The number of nitrogen functional groups attached to an aromatic ring is 1. The number of hydrazine groups is 2. The average Bonchev–Trinajstić information content (AvgIpc) is 2.38. The molecule has 1 aromatic heterocycles. The molecule has 1 aliphatic rings. The summed E-state index contributed by atoms with van der Waals surface area (Å²) in [4.78, 5) is 12.4. The molecule has 1 aromatic rings. The lowest BCUT2D eigenvalue weighted by atomic mass is 10.2. The van der Waals surface area contributed by atoms with Crippen LogP contribution in [0.15, 0.2) is 0 Å². The zero-order chi connectivity index (χ0) is 13.7. The summed E-state index contributed by atoms with van der Waals surface area (Å²) in [6.07, 6.45) is 3.62. The van der Waals surface area contributed by atoms with Crippen LogP contribution in [0.1, 0.15) is 33.1 Å². The Bertz CT molecular complexity index is 406. The summed E-state index contributed by atoms with van der Waals surface area (Å²) in [5.41, 5.74) is 5.58. The van der Waals surface area contributed by atoms with Gasteiger partial charge in [0, 0.05) is 13.1 Å². The fraction of sp³-hybridized carbons (Fsp3) is 0.727. The highest BCUT2D eigenvalue weighted by molar-refractivity contribution is 5.34. The van der Waals surface area contributed by atoms with Crippen molar-refractivity contribution in [3.05, 3.63) is 0 Å². The van der Waals surface area contributed by atoms with Crippen LogP contribution in [0, 0.1) is 0 Å². The van der Waals surface area contributed by atoms with Gasteiger partial charge < -0.3 is 4.74 Å². The Morgan fingerprint density at radius 2 is 1.79 bits per heavy atom. The van der Waals surface area contributed by atoms with E-state index in [1.54, 1.807) is 0 Å². The third-order valence-electron chi connectivity index (χ3n) is 2.70. The van der Waals surface area contributed by atoms with Crippen molar-refractivity contribution in [2.45, 2.75) is 39.2 Å². The Hall–Kier alpha value is -1.67. The first kappa shape index (κ1) is 13.8. The Labute approximate surface area is 112 Å². The topological polar surface area (TPSA) is 101 Å². The summed E-state index contributed by atoms with van der Waals surface area (Å²) >= 11 is 0. The second-order valence-corrected chi connectivity index (χ2v) is 4.74. The third-order valence-corrected chi connectivity index (χ3v) is 2.70. The van der Waals surface area contributed by atoms with Gasteiger partial charge in [0.2, 0.25) is 11.9 Å². The molecule has 8 heteroatoms. The van der Waals surface area contributed by atoms with E-state index in [1.807, 2.05) is 13.8 Å². The van der Waals surface area contributed by atoms with Gasteiger partial charge in [0.15, 0.2) is 0 Å². The highest BCUT2D eigenvalue weighted by Gasteiger charge is 2.13. The molecule has 1 saturated heterocycles. The molecule has 2 heterocycles. The number of anilines is 2. The average molecular weight is 267 g/mol. The van der Waals surface area contributed by atoms with Gasteiger partial charge in [0.25, 0.3) is 0 Å². The largest absolute Gasteiger partial charge is 0.461 e. The molecule has 4 N–H and O–H groups in total. The van der Waals surface area contributed by atoms with Crippen molar-refractivity contribution in [2.75, 3.05) is 23.9 Å². The number of hydrogen-bond donors (Lipinski definition) is 3. The lowest BCUT2D eigenvalue weighted by Crippen LogP contribution is -2.35. The zero-order valence-corrected chi connectivity index (χ0v) is 11.4. The third kappa shape index (κ3) is 4.18. The molecule has 0 unspecified atom stereocenters. The molecule has 0 radical (unpaired) electrons. The minimum atomic E-state index is -0.00383. The molecule has 0 aromatic carbocycles. The molecule has 0 atom stereocenters. The highest BCUT2D eigenvalue weighted by atomic mass is 16.5. The standard InChI is InChI=1S/C11H21N7O/c1-8(2)19-11-14-9(16-12)13-10(15-11)17-18-6-4-3-5-7-18/h8H,3-7,12H2,1-2H3,(H2,13,14,15,16,17). The van der Waals surface area contributed by atoms with Gasteiger partial charge in [-0.25, -0.2) is 10.9 Å². The van der Waals surface area contributed by atoms with Crippen molar-refractivity contribution in [3.63, 3.8) is 0 Å². The number of rotatable bonds is 5. The maximum absolute atomic E-state index is 5.47. The van der Waals surface area contributed by atoms with Crippen LogP contribution in [-0.4, -0.2) is 39.2 Å². The molecule has 2 rings (SSSR count). The number of nitrogens with one attached hydrogen (secondary N) is 2. The van der Waals surface area contributed by atoms with Gasteiger partial charge in [-0.2, -0.15) is 15.0 Å². The molecular weight excluding hydrogens is 246 g/mol. The Balaban J connectivity index is 2.09. The molecule has 19 heavy (non-hydrogen) atoms. The van der Waals surface area contributed by atoms with E-state index in [-0.39, 0.29) is 18.1 Å². The minimum Gasteiger partial charge on any atom is -0.461 e. The molecule has 106 valence electrons. The maximum Gasteiger partial charge on any atom is 0.323 e. The van der Waals surface area contributed by atoms with Gasteiger partial charge >= 0.3 is 6.01 Å². The summed E-state index contributed by atoms with van der Waals surface area (Å²) in [5.74, 6) is 6.08. The van der Waals surface area contributed by atoms with E-state index < -0.39 is 0 Å². The van der Waals surface area contributed by atoms with Crippen LogP contribution in [0.3, 0.4) is 0 Å². The summed E-state index contributed by atoms with van der Waals surface area (Å²) in [7, 11) is 0. The van der Waals surface area contributed by atoms with Gasteiger partial charge in [-0.3, -0.25) is 10.9 Å². The maximum atomic E-state index is 5.47. The van der Waals surface area contributed by atoms with Crippen LogP contribution in [-0.2, 0) is 0 Å². The second-order valence-electron chi connectivity index (χ2n) is 4.74. The van der Waals surface area contributed by atoms with Crippen LogP contribution in [0.4, 0.5) is 11.9 Å². The van der Waals surface area contributed by atoms with Crippen LogP contribution < -0.4 is 21.4 Å². The Morgan fingerprint density at radius 3 is 2.42 bits per heavy atom. The predicted molar refractivity (Wildman–Crippen MR) is 72.4 cm³/mol. The van der Waals surface area contributed by atoms with E-state index in [1.165, 1.54) is 19.3 Å². The molecule has 0 amide bonds. The SMILES string of the molecule is CC(C)Oc1nc(NN)nc(NN2CCCCC2)n1. The number of piperidine rings is 1. The van der Waals surface area contributed by atoms with Crippen LogP contribution in [0.2, 0.25) is 0 Å². The van der Waals surface area contributed by atoms with Crippen molar-refractivity contribution in [3.8, 4) is 6.01 Å². The summed E-state index contributed by atoms with van der Waals surface area (Å²) < 4.78 is 5.47. The Kier molecular flexibility index (Phi) is 4.69. The first-order valence-electron chi connectivity index (χ1n) is 6.58. The highest BCUT2D eigenvalue weighted by Crippen LogP contribution is 2.14. The molecule has 0 aliphatic carbocycles. The van der Waals surface area contributed by atoms with Gasteiger partial charge in [-0.05, 0) is 26.7 Å². The van der Waals surface area contributed by atoms with Crippen molar-refractivity contribution in [1.29, 1.82) is 0 Å². The number of aromatic nitrogens is 3.